The number of amides is 1. The molecule has 1 aromatic carbocycles. The van der Waals surface area contributed by atoms with Crippen LogP contribution in [0, 0.1) is 11.3 Å². The maximum absolute atomic E-state index is 11.9. The minimum absolute atomic E-state index is 0.0329. The molecule has 0 N–H and O–H groups in total. The number of hydrogen-bond acceptors (Lipinski definition) is 3. The van der Waals surface area contributed by atoms with Crippen LogP contribution >= 0.6 is 34.8 Å². The van der Waals surface area contributed by atoms with E-state index in [9.17, 15) is 4.79 Å². The maximum atomic E-state index is 11.9. The summed E-state index contributed by atoms with van der Waals surface area (Å²) in [6, 6.07) is 4.85. The van der Waals surface area contributed by atoms with E-state index in [-0.39, 0.29) is 29.8 Å². The van der Waals surface area contributed by atoms with Crippen LogP contribution in [0.15, 0.2) is 12.1 Å². The molecule has 108 valence electrons. The summed E-state index contributed by atoms with van der Waals surface area (Å²) in [7, 11) is 0. The Labute approximate surface area is 132 Å². The lowest BCUT2D eigenvalue weighted by molar-refractivity contribution is -0.132. The molecule has 7 heteroatoms. The highest BCUT2D eigenvalue weighted by Gasteiger charge is 2.14. The zero-order valence-corrected chi connectivity index (χ0v) is 13.1. The van der Waals surface area contributed by atoms with Gasteiger partial charge in [0.05, 0.1) is 21.1 Å². The number of carbonyl (C=O) groups is 1. The average molecular weight is 336 g/mol. The first-order valence-electron chi connectivity index (χ1n) is 5.91. The lowest BCUT2D eigenvalue weighted by Crippen LogP contribution is -2.35. The topological polar surface area (TPSA) is 53.3 Å². The average Bonchev–Trinajstić information content (AvgIpc) is 2.41. The first-order chi connectivity index (χ1) is 9.49. The van der Waals surface area contributed by atoms with Gasteiger partial charge in [-0.25, -0.2) is 0 Å². The summed E-state index contributed by atoms with van der Waals surface area (Å²) in [6.45, 7) is 2.25. The molecule has 1 aromatic rings. The second kappa shape index (κ2) is 8.21. The van der Waals surface area contributed by atoms with Crippen molar-refractivity contribution < 1.29 is 9.53 Å². The maximum Gasteiger partial charge on any atom is 0.261 e. The molecule has 20 heavy (non-hydrogen) atoms. The Morgan fingerprint density at radius 1 is 1.30 bits per heavy atom. The number of ether oxygens (including phenoxy) is 1. The summed E-state index contributed by atoms with van der Waals surface area (Å²) in [5.41, 5.74) is 0. The fourth-order valence-corrected chi connectivity index (χ4v) is 2.08. The van der Waals surface area contributed by atoms with E-state index < -0.39 is 0 Å². The second-order valence-electron chi connectivity index (χ2n) is 3.96. The summed E-state index contributed by atoms with van der Waals surface area (Å²) in [4.78, 5) is 13.3. The van der Waals surface area contributed by atoms with Crippen LogP contribution in [-0.2, 0) is 4.79 Å². The Balaban J connectivity index is 2.69. The Hall–Kier alpha value is -1.15. The van der Waals surface area contributed by atoms with Crippen LogP contribution in [0.5, 0.6) is 5.75 Å². The van der Waals surface area contributed by atoms with Crippen molar-refractivity contribution in [3.8, 4) is 11.8 Å². The summed E-state index contributed by atoms with van der Waals surface area (Å²) >= 11 is 17.6. The molecule has 1 amide bonds. The summed E-state index contributed by atoms with van der Waals surface area (Å²) in [5, 5.41) is 9.55. The van der Waals surface area contributed by atoms with Crippen molar-refractivity contribution in [3.05, 3.63) is 27.2 Å². The molecule has 4 nitrogen and oxygen atoms in total. The van der Waals surface area contributed by atoms with Gasteiger partial charge in [0.25, 0.3) is 5.91 Å². The first-order valence-corrected chi connectivity index (χ1v) is 7.05. The Bertz CT molecular complexity index is 529. The zero-order chi connectivity index (χ0) is 15.1. The van der Waals surface area contributed by atoms with Crippen LogP contribution in [0.3, 0.4) is 0 Å². The van der Waals surface area contributed by atoms with Gasteiger partial charge in [0.2, 0.25) is 0 Å². The predicted octanol–water partition coefficient (Wildman–Crippen LogP) is 3.79. The van der Waals surface area contributed by atoms with Crippen LogP contribution in [0.1, 0.15) is 13.3 Å². The third-order valence-corrected chi connectivity index (χ3v) is 3.45. The molecule has 0 saturated carbocycles. The van der Waals surface area contributed by atoms with Crippen LogP contribution in [0.2, 0.25) is 15.1 Å². The number of benzene rings is 1. The zero-order valence-electron chi connectivity index (χ0n) is 10.8. The van der Waals surface area contributed by atoms with E-state index in [1.54, 1.807) is 0 Å². The Morgan fingerprint density at radius 3 is 2.55 bits per heavy atom. The lowest BCUT2D eigenvalue weighted by Gasteiger charge is -2.19. The molecular weight excluding hydrogens is 323 g/mol. The van der Waals surface area contributed by atoms with Crippen LogP contribution < -0.4 is 4.74 Å². The van der Waals surface area contributed by atoms with Crippen LogP contribution in [-0.4, -0.2) is 30.5 Å². The number of nitriles is 1. The first kappa shape index (κ1) is 16.9. The van der Waals surface area contributed by atoms with E-state index >= 15 is 0 Å². The minimum Gasteiger partial charge on any atom is -0.482 e. The van der Waals surface area contributed by atoms with Gasteiger partial charge in [-0.15, -0.1) is 0 Å². The van der Waals surface area contributed by atoms with E-state index in [1.807, 2.05) is 13.0 Å². The number of rotatable bonds is 6. The Kier molecular flexibility index (Phi) is 6.94. The molecule has 0 fully saturated rings. The second-order valence-corrected chi connectivity index (χ2v) is 5.18. The highest BCUT2D eigenvalue weighted by molar-refractivity contribution is 6.43. The van der Waals surface area contributed by atoms with Gasteiger partial charge in [0, 0.05) is 12.6 Å². The number of halogens is 3. The van der Waals surface area contributed by atoms with Gasteiger partial charge >= 0.3 is 0 Å². The monoisotopic (exact) mass is 334 g/mol. The third-order valence-electron chi connectivity index (χ3n) is 2.43. The van der Waals surface area contributed by atoms with E-state index in [1.165, 1.54) is 17.0 Å². The number of nitrogens with zero attached hydrogens (tertiary/aromatic N) is 2. The third kappa shape index (κ3) is 4.75. The molecule has 0 aliphatic heterocycles. The molecule has 0 atom stereocenters. The van der Waals surface area contributed by atoms with Crippen molar-refractivity contribution >= 4 is 40.7 Å². The fraction of sp³-hybridized carbons (Fsp3) is 0.385. The van der Waals surface area contributed by atoms with Gasteiger partial charge in [0.15, 0.2) is 6.61 Å². The molecule has 0 aromatic heterocycles. The van der Waals surface area contributed by atoms with Gasteiger partial charge in [-0.1, -0.05) is 41.7 Å². The number of carbonyl (C=O) groups excluding carboxylic acids is 1. The quantitative estimate of drug-likeness (QED) is 0.587. The summed E-state index contributed by atoms with van der Waals surface area (Å²) in [5.74, 6) is -0.00152. The lowest BCUT2D eigenvalue weighted by atomic mass is 10.3. The summed E-state index contributed by atoms with van der Waals surface area (Å²) < 4.78 is 5.33. The van der Waals surface area contributed by atoms with Gasteiger partial charge in [-0.05, 0) is 12.5 Å². The molecule has 0 heterocycles. The molecule has 0 radical (unpaired) electrons. The smallest absolute Gasteiger partial charge is 0.261 e. The van der Waals surface area contributed by atoms with E-state index in [2.05, 4.69) is 0 Å². The minimum atomic E-state index is -0.282. The van der Waals surface area contributed by atoms with Crippen molar-refractivity contribution in [2.24, 2.45) is 0 Å². The SMILES string of the molecule is CCCN(CC#N)C(=O)COc1cc(Cl)c(Cl)cc1Cl. The molecule has 1 rings (SSSR count). The summed E-state index contributed by atoms with van der Waals surface area (Å²) in [6.07, 6.45) is 0.765. The predicted molar refractivity (Wildman–Crippen MR) is 79.5 cm³/mol. The molecule has 0 unspecified atom stereocenters. The van der Waals surface area contributed by atoms with Gasteiger partial charge in [-0.2, -0.15) is 5.26 Å². The van der Waals surface area contributed by atoms with E-state index in [0.29, 0.717) is 16.6 Å². The molecule has 0 bridgehead atoms. The van der Waals surface area contributed by atoms with Crippen LogP contribution in [0.4, 0.5) is 0 Å². The molecule has 0 aliphatic carbocycles. The Morgan fingerprint density at radius 2 is 1.95 bits per heavy atom. The standard InChI is InChI=1S/C13H13Cl3N2O2/c1-2-4-18(5-3-17)13(19)8-20-12-7-10(15)9(14)6-11(12)16/h6-7H,2,4-5,8H2,1H3. The molecule has 0 aliphatic rings. The van der Waals surface area contributed by atoms with Crippen molar-refractivity contribution in [1.82, 2.24) is 4.90 Å². The molecule has 0 saturated heterocycles. The van der Waals surface area contributed by atoms with Crippen LogP contribution in [0.25, 0.3) is 0 Å². The van der Waals surface area contributed by atoms with E-state index in [0.717, 1.165) is 6.42 Å². The van der Waals surface area contributed by atoms with Crippen molar-refractivity contribution in [2.75, 3.05) is 19.7 Å². The highest BCUT2D eigenvalue weighted by Crippen LogP contribution is 2.33. The van der Waals surface area contributed by atoms with Gasteiger partial charge < -0.3 is 9.64 Å². The largest absolute Gasteiger partial charge is 0.482 e. The normalized spacial score (nSPS) is 9.95. The van der Waals surface area contributed by atoms with Gasteiger partial charge in [-0.3, -0.25) is 4.79 Å². The number of hydrogen-bond donors (Lipinski definition) is 0. The van der Waals surface area contributed by atoms with Crippen molar-refractivity contribution in [2.45, 2.75) is 13.3 Å². The molecule has 0 spiro atoms. The van der Waals surface area contributed by atoms with Gasteiger partial charge in [0.1, 0.15) is 12.3 Å². The fourth-order valence-electron chi connectivity index (χ4n) is 1.49. The van der Waals surface area contributed by atoms with E-state index in [4.69, 9.17) is 44.8 Å². The van der Waals surface area contributed by atoms with Crippen molar-refractivity contribution in [1.29, 1.82) is 5.26 Å². The molecular formula is C13H13Cl3N2O2. The van der Waals surface area contributed by atoms with Crippen molar-refractivity contribution in [3.63, 3.8) is 0 Å². The highest BCUT2D eigenvalue weighted by atomic mass is 35.5.